The molecule has 1 N–H and O–H groups in total. The molecular weight excluding hydrogens is 294 g/mol. The minimum atomic E-state index is -0.913. The van der Waals surface area contributed by atoms with E-state index in [1.165, 1.54) is 11.3 Å². The molecule has 7 nitrogen and oxygen atoms in total. The average Bonchev–Trinajstić information content (AvgIpc) is 2.99. The van der Waals surface area contributed by atoms with Crippen LogP contribution in [-0.2, 0) is 20.7 Å². The Morgan fingerprint density at radius 2 is 2.38 bits per heavy atom. The van der Waals surface area contributed by atoms with E-state index in [9.17, 15) is 9.59 Å². The number of rotatable bonds is 4. The summed E-state index contributed by atoms with van der Waals surface area (Å²) in [7, 11) is 0. The van der Waals surface area contributed by atoms with Gasteiger partial charge in [-0.05, 0) is 0 Å². The van der Waals surface area contributed by atoms with E-state index < -0.39 is 12.1 Å². The molecule has 0 aliphatic carbocycles. The quantitative estimate of drug-likeness (QED) is 0.896. The Hall–Kier alpha value is -1.93. The molecule has 2 aromatic heterocycles. The van der Waals surface area contributed by atoms with Crippen LogP contribution in [0.15, 0.2) is 17.8 Å². The fraction of sp³-hybridized carbons (Fsp3) is 0.462. The largest absolute Gasteiger partial charge is 0.481 e. The van der Waals surface area contributed by atoms with Crippen molar-refractivity contribution in [2.75, 3.05) is 19.7 Å². The molecule has 1 aliphatic heterocycles. The molecule has 0 spiro atoms. The highest BCUT2D eigenvalue weighted by Crippen LogP contribution is 2.14. The van der Waals surface area contributed by atoms with Crippen LogP contribution >= 0.6 is 11.3 Å². The van der Waals surface area contributed by atoms with Crippen molar-refractivity contribution in [3.8, 4) is 0 Å². The summed E-state index contributed by atoms with van der Waals surface area (Å²) in [4.78, 5) is 29.9. The number of aliphatic carboxylic acids is 1. The van der Waals surface area contributed by atoms with Gasteiger partial charge in [-0.1, -0.05) is 0 Å². The number of imidazole rings is 1. The monoisotopic (exact) mass is 309 g/mol. The van der Waals surface area contributed by atoms with E-state index in [2.05, 4.69) is 4.98 Å². The smallest absolute Gasteiger partial charge is 0.306 e. The van der Waals surface area contributed by atoms with E-state index >= 15 is 0 Å². The maximum Gasteiger partial charge on any atom is 0.306 e. The molecule has 3 heterocycles. The maximum atomic E-state index is 12.3. The average molecular weight is 309 g/mol. The van der Waals surface area contributed by atoms with Crippen LogP contribution in [0.3, 0.4) is 0 Å². The first-order valence-corrected chi connectivity index (χ1v) is 7.52. The van der Waals surface area contributed by atoms with E-state index in [0.29, 0.717) is 19.7 Å². The zero-order valence-corrected chi connectivity index (χ0v) is 12.1. The normalized spacial score (nSPS) is 19.0. The summed E-state index contributed by atoms with van der Waals surface area (Å²) in [6.07, 6.45) is 3.47. The lowest BCUT2D eigenvalue weighted by molar-refractivity contribution is -0.147. The number of carboxylic acids is 1. The molecule has 2 aromatic rings. The van der Waals surface area contributed by atoms with Crippen molar-refractivity contribution in [2.24, 2.45) is 0 Å². The topological polar surface area (TPSA) is 84.1 Å². The van der Waals surface area contributed by atoms with E-state index in [-0.39, 0.29) is 18.7 Å². The van der Waals surface area contributed by atoms with Crippen LogP contribution < -0.4 is 0 Å². The van der Waals surface area contributed by atoms with Crippen LogP contribution in [0.4, 0.5) is 0 Å². The summed E-state index contributed by atoms with van der Waals surface area (Å²) in [5, 5.41) is 10.7. The number of carbonyl (C=O) groups is 2. The molecule has 0 bridgehead atoms. The third kappa shape index (κ3) is 3.22. The fourth-order valence-electron chi connectivity index (χ4n) is 2.39. The first-order chi connectivity index (χ1) is 10.1. The molecule has 21 heavy (non-hydrogen) atoms. The Balaban J connectivity index is 1.61. The van der Waals surface area contributed by atoms with Crippen molar-refractivity contribution >= 4 is 28.2 Å². The van der Waals surface area contributed by atoms with Gasteiger partial charge in [0.15, 0.2) is 4.96 Å². The summed E-state index contributed by atoms with van der Waals surface area (Å²) >= 11 is 1.52. The van der Waals surface area contributed by atoms with Crippen LogP contribution in [0.1, 0.15) is 12.1 Å². The second kappa shape index (κ2) is 5.82. The summed E-state index contributed by atoms with van der Waals surface area (Å²) in [5.74, 6) is -0.955. The molecule has 1 aliphatic rings. The number of fused-ring (bicyclic) bond motifs is 1. The molecule has 0 radical (unpaired) electrons. The number of nitrogens with zero attached hydrogens (tertiary/aromatic N) is 3. The SMILES string of the molecule is O=C(O)CC1CN(C(=O)Cc2cn3ccsc3n2)CCO1. The maximum absolute atomic E-state index is 12.3. The van der Waals surface area contributed by atoms with Gasteiger partial charge in [0.1, 0.15) is 0 Å². The number of ether oxygens (including phenoxy) is 1. The summed E-state index contributed by atoms with van der Waals surface area (Å²) in [6.45, 7) is 1.20. The highest BCUT2D eigenvalue weighted by Gasteiger charge is 2.26. The Morgan fingerprint density at radius 1 is 1.52 bits per heavy atom. The number of morpholine rings is 1. The second-order valence-electron chi connectivity index (χ2n) is 4.93. The minimum absolute atomic E-state index is 0.0422. The molecular formula is C13H15N3O4S. The van der Waals surface area contributed by atoms with Crippen molar-refractivity contribution in [3.05, 3.63) is 23.5 Å². The Labute approximate surface area is 124 Å². The third-order valence-corrected chi connectivity index (χ3v) is 4.14. The molecule has 0 saturated carbocycles. The van der Waals surface area contributed by atoms with Crippen LogP contribution in [0.5, 0.6) is 0 Å². The summed E-state index contributed by atoms with van der Waals surface area (Å²) in [5.41, 5.74) is 0.730. The highest BCUT2D eigenvalue weighted by atomic mass is 32.1. The van der Waals surface area contributed by atoms with Gasteiger partial charge >= 0.3 is 5.97 Å². The van der Waals surface area contributed by atoms with Crippen molar-refractivity contribution < 1.29 is 19.4 Å². The molecule has 0 aromatic carbocycles. The number of hydrogen-bond acceptors (Lipinski definition) is 5. The van der Waals surface area contributed by atoms with Gasteiger partial charge in [-0.3, -0.25) is 14.0 Å². The Bertz CT molecular complexity index is 637. The molecule has 1 saturated heterocycles. The van der Waals surface area contributed by atoms with E-state index in [4.69, 9.17) is 9.84 Å². The van der Waals surface area contributed by atoms with Gasteiger partial charge in [-0.25, -0.2) is 4.98 Å². The van der Waals surface area contributed by atoms with E-state index in [0.717, 1.165) is 10.7 Å². The first kappa shape index (κ1) is 14.0. The van der Waals surface area contributed by atoms with Crippen molar-refractivity contribution in [1.29, 1.82) is 0 Å². The van der Waals surface area contributed by atoms with Crippen LogP contribution in [0.2, 0.25) is 0 Å². The summed E-state index contributed by atoms with van der Waals surface area (Å²) in [6, 6.07) is 0. The lowest BCUT2D eigenvalue weighted by Crippen LogP contribution is -2.46. The standard InChI is InChI=1S/C13H15N3O4S/c17-11(5-9-7-16-2-4-21-13(16)14-9)15-1-3-20-10(8-15)6-12(18)19/h2,4,7,10H,1,3,5-6,8H2,(H,18,19). The number of aromatic nitrogens is 2. The predicted octanol–water partition coefficient (Wildman–Crippen LogP) is 0.640. The van der Waals surface area contributed by atoms with Crippen LogP contribution in [-0.4, -0.2) is 57.1 Å². The molecule has 1 atom stereocenters. The molecule has 8 heteroatoms. The predicted molar refractivity (Wildman–Crippen MR) is 75.3 cm³/mol. The van der Waals surface area contributed by atoms with Crippen molar-refractivity contribution in [2.45, 2.75) is 18.9 Å². The number of amides is 1. The fourth-order valence-corrected chi connectivity index (χ4v) is 3.11. The molecule has 112 valence electrons. The van der Waals surface area contributed by atoms with Crippen LogP contribution in [0, 0.1) is 0 Å². The second-order valence-corrected chi connectivity index (χ2v) is 5.81. The molecule has 3 rings (SSSR count). The minimum Gasteiger partial charge on any atom is -0.481 e. The number of carbonyl (C=O) groups excluding carboxylic acids is 1. The van der Waals surface area contributed by atoms with E-state index in [1.54, 1.807) is 4.90 Å². The zero-order chi connectivity index (χ0) is 14.8. The lowest BCUT2D eigenvalue weighted by atomic mass is 10.2. The van der Waals surface area contributed by atoms with E-state index in [1.807, 2.05) is 22.2 Å². The van der Waals surface area contributed by atoms with Crippen LogP contribution in [0.25, 0.3) is 4.96 Å². The van der Waals surface area contributed by atoms with Gasteiger partial charge in [-0.15, -0.1) is 11.3 Å². The van der Waals surface area contributed by atoms with Crippen molar-refractivity contribution in [3.63, 3.8) is 0 Å². The number of hydrogen-bond donors (Lipinski definition) is 1. The number of thiazole rings is 1. The molecule has 1 fully saturated rings. The van der Waals surface area contributed by atoms with Gasteiger partial charge in [0.2, 0.25) is 5.91 Å². The highest BCUT2D eigenvalue weighted by molar-refractivity contribution is 7.15. The van der Waals surface area contributed by atoms with Gasteiger partial charge in [0.05, 0.1) is 31.2 Å². The molecule has 1 unspecified atom stereocenters. The van der Waals surface area contributed by atoms with Crippen molar-refractivity contribution in [1.82, 2.24) is 14.3 Å². The van der Waals surface area contributed by atoms with Gasteiger partial charge in [0.25, 0.3) is 0 Å². The molecule has 1 amide bonds. The lowest BCUT2D eigenvalue weighted by Gasteiger charge is -2.32. The third-order valence-electron chi connectivity index (χ3n) is 3.37. The van der Waals surface area contributed by atoms with Gasteiger partial charge in [0, 0.05) is 30.9 Å². The summed E-state index contributed by atoms with van der Waals surface area (Å²) < 4.78 is 7.25. The van der Waals surface area contributed by atoms with Gasteiger partial charge in [-0.2, -0.15) is 0 Å². The Kier molecular flexibility index (Phi) is 3.89. The number of carboxylic acid groups (broad SMARTS) is 1. The zero-order valence-electron chi connectivity index (χ0n) is 11.3. The Morgan fingerprint density at radius 3 is 3.14 bits per heavy atom. The van der Waals surface area contributed by atoms with Gasteiger partial charge < -0.3 is 14.7 Å². The first-order valence-electron chi connectivity index (χ1n) is 6.64.